The van der Waals surface area contributed by atoms with Gasteiger partial charge in [0, 0.05) is 6.07 Å². The molecule has 0 bridgehead atoms. The van der Waals surface area contributed by atoms with Crippen LogP contribution in [0, 0.1) is 0 Å². The Morgan fingerprint density at radius 1 is 1.00 bits per heavy atom. The van der Waals surface area contributed by atoms with Gasteiger partial charge in [-0.2, -0.15) is 0 Å². The van der Waals surface area contributed by atoms with Crippen LogP contribution in [0.15, 0.2) is 42.5 Å². The Morgan fingerprint density at radius 2 is 1.73 bits per heavy atom. The Balaban J connectivity index is 2.19. The molecule has 116 valence electrons. The van der Waals surface area contributed by atoms with Gasteiger partial charge >= 0.3 is 5.97 Å². The van der Waals surface area contributed by atoms with E-state index in [1.54, 1.807) is 18.2 Å². The van der Waals surface area contributed by atoms with Gasteiger partial charge < -0.3 is 24.1 Å². The highest BCUT2D eigenvalue weighted by Gasteiger charge is 2.19. The number of ether oxygens (including phenoxy) is 4. The van der Waals surface area contributed by atoms with Crippen molar-refractivity contribution in [1.82, 2.24) is 0 Å². The van der Waals surface area contributed by atoms with Gasteiger partial charge in [0.05, 0.1) is 14.2 Å². The molecule has 0 amide bonds. The number of carboxylic acid groups (broad SMARTS) is 1. The van der Waals surface area contributed by atoms with E-state index in [0.29, 0.717) is 11.5 Å². The van der Waals surface area contributed by atoms with Gasteiger partial charge in [0.2, 0.25) is 6.79 Å². The number of hydrogen-bond acceptors (Lipinski definition) is 5. The van der Waals surface area contributed by atoms with E-state index in [2.05, 4.69) is 0 Å². The van der Waals surface area contributed by atoms with E-state index in [1.165, 1.54) is 20.3 Å². The van der Waals surface area contributed by atoms with Crippen LogP contribution in [-0.4, -0.2) is 32.1 Å². The van der Waals surface area contributed by atoms with Crippen molar-refractivity contribution in [2.75, 3.05) is 21.0 Å². The van der Waals surface area contributed by atoms with Gasteiger partial charge in [-0.05, 0) is 18.2 Å². The van der Waals surface area contributed by atoms with Crippen molar-refractivity contribution in [3.8, 4) is 23.0 Å². The number of para-hydroxylation sites is 1. The maximum absolute atomic E-state index is 11.4. The number of carbonyl (C=O) groups is 1. The minimum atomic E-state index is -1.15. The van der Waals surface area contributed by atoms with Crippen LogP contribution in [0.25, 0.3) is 0 Å². The summed E-state index contributed by atoms with van der Waals surface area (Å²) < 4.78 is 21.0. The molecular weight excluding hydrogens is 288 g/mol. The lowest BCUT2D eigenvalue weighted by molar-refractivity contribution is 0.0679. The Morgan fingerprint density at radius 3 is 2.32 bits per heavy atom. The first kappa shape index (κ1) is 15.5. The quantitative estimate of drug-likeness (QED) is 0.793. The highest BCUT2D eigenvalue weighted by molar-refractivity contribution is 5.92. The molecule has 0 aliphatic rings. The molecule has 0 spiro atoms. The predicted molar refractivity (Wildman–Crippen MR) is 79.1 cm³/mol. The molecule has 2 aromatic carbocycles. The number of benzene rings is 2. The smallest absolute Gasteiger partial charge is 0.339 e. The molecule has 0 saturated heterocycles. The van der Waals surface area contributed by atoms with E-state index in [9.17, 15) is 9.90 Å². The highest BCUT2D eigenvalue weighted by Crippen LogP contribution is 2.35. The lowest BCUT2D eigenvalue weighted by Gasteiger charge is -2.15. The van der Waals surface area contributed by atoms with Gasteiger partial charge in [0.25, 0.3) is 0 Å². The molecule has 1 N–H and O–H groups in total. The van der Waals surface area contributed by atoms with Gasteiger partial charge in [0.1, 0.15) is 17.1 Å². The molecular formula is C16H16O6. The van der Waals surface area contributed by atoms with Crippen LogP contribution in [0.5, 0.6) is 23.0 Å². The second-order valence-corrected chi connectivity index (χ2v) is 4.23. The summed E-state index contributed by atoms with van der Waals surface area (Å²) in [6.45, 7) is -0.146. The van der Waals surface area contributed by atoms with E-state index < -0.39 is 5.97 Å². The topological polar surface area (TPSA) is 74.2 Å². The molecule has 0 radical (unpaired) electrons. The van der Waals surface area contributed by atoms with Crippen molar-refractivity contribution in [3.05, 3.63) is 48.0 Å². The monoisotopic (exact) mass is 304 g/mol. The fourth-order valence-electron chi connectivity index (χ4n) is 1.83. The van der Waals surface area contributed by atoms with Crippen molar-refractivity contribution in [3.63, 3.8) is 0 Å². The van der Waals surface area contributed by atoms with Crippen LogP contribution >= 0.6 is 0 Å². The molecule has 2 rings (SSSR count). The first-order chi connectivity index (χ1) is 10.7. The second-order valence-electron chi connectivity index (χ2n) is 4.23. The van der Waals surface area contributed by atoms with E-state index >= 15 is 0 Å². The molecule has 0 heterocycles. The summed E-state index contributed by atoms with van der Waals surface area (Å²) in [5, 5.41) is 9.29. The summed E-state index contributed by atoms with van der Waals surface area (Å²) in [6.07, 6.45) is 0. The van der Waals surface area contributed by atoms with Crippen LogP contribution < -0.4 is 18.9 Å². The summed E-state index contributed by atoms with van der Waals surface area (Å²) in [4.78, 5) is 11.4. The summed E-state index contributed by atoms with van der Waals surface area (Å²) in [7, 11) is 2.87. The van der Waals surface area contributed by atoms with Gasteiger partial charge in [-0.1, -0.05) is 18.2 Å². The normalized spacial score (nSPS) is 9.91. The van der Waals surface area contributed by atoms with Crippen LogP contribution in [-0.2, 0) is 0 Å². The van der Waals surface area contributed by atoms with E-state index in [-0.39, 0.29) is 23.9 Å². The van der Waals surface area contributed by atoms with Crippen molar-refractivity contribution >= 4 is 5.97 Å². The number of methoxy groups -OCH3 is 2. The number of hydrogen-bond donors (Lipinski definition) is 1. The molecule has 6 nitrogen and oxygen atoms in total. The molecule has 0 saturated carbocycles. The minimum Gasteiger partial charge on any atom is -0.497 e. The van der Waals surface area contributed by atoms with Gasteiger partial charge in [-0.3, -0.25) is 0 Å². The minimum absolute atomic E-state index is 0.0622. The van der Waals surface area contributed by atoms with E-state index in [0.717, 1.165) is 0 Å². The Labute approximate surface area is 127 Å². The summed E-state index contributed by atoms with van der Waals surface area (Å²) in [6, 6.07) is 12.0. The molecule has 0 aromatic heterocycles. The van der Waals surface area contributed by atoms with Crippen LogP contribution in [0.1, 0.15) is 10.4 Å². The number of aromatic carboxylic acids is 1. The maximum Gasteiger partial charge on any atom is 0.339 e. The zero-order chi connectivity index (χ0) is 15.9. The van der Waals surface area contributed by atoms with Crippen LogP contribution in [0.2, 0.25) is 0 Å². The number of carboxylic acids is 1. The Hall–Kier alpha value is -2.89. The average molecular weight is 304 g/mol. The molecule has 0 aliphatic heterocycles. The highest BCUT2D eigenvalue weighted by atomic mass is 16.7. The SMILES string of the molecule is COc1cc(OC)c(OCOc2ccccc2)c(C(=O)O)c1. The van der Waals surface area contributed by atoms with Gasteiger partial charge in [-0.15, -0.1) is 0 Å². The molecule has 0 atom stereocenters. The van der Waals surface area contributed by atoms with E-state index in [1.807, 2.05) is 18.2 Å². The molecule has 22 heavy (non-hydrogen) atoms. The summed E-state index contributed by atoms with van der Waals surface area (Å²) in [5.41, 5.74) is -0.0622. The molecule has 0 unspecified atom stereocenters. The third-order valence-corrected chi connectivity index (χ3v) is 2.89. The van der Waals surface area contributed by atoms with Crippen molar-refractivity contribution in [2.24, 2.45) is 0 Å². The zero-order valence-corrected chi connectivity index (χ0v) is 12.2. The average Bonchev–Trinajstić information content (AvgIpc) is 2.55. The zero-order valence-electron chi connectivity index (χ0n) is 12.2. The Kier molecular flexibility index (Phi) is 5.08. The lowest BCUT2D eigenvalue weighted by atomic mass is 10.1. The van der Waals surface area contributed by atoms with Crippen LogP contribution in [0.3, 0.4) is 0 Å². The predicted octanol–water partition coefficient (Wildman–Crippen LogP) is 2.82. The summed E-state index contributed by atoms with van der Waals surface area (Å²) >= 11 is 0. The van der Waals surface area contributed by atoms with Crippen LogP contribution in [0.4, 0.5) is 0 Å². The second kappa shape index (κ2) is 7.21. The molecule has 0 aliphatic carbocycles. The first-order valence-electron chi connectivity index (χ1n) is 6.45. The van der Waals surface area contributed by atoms with Crippen molar-refractivity contribution in [2.45, 2.75) is 0 Å². The van der Waals surface area contributed by atoms with Crippen molar-refractivity contribution in [1.29, 1.82) is 0 Å². The van der Waals surface area contributed by atoms with Gasteiger partial charge in [0.15, 0.2) is 11.5 Å². The molecule has 2 aromatic rings. The first-order valence-corrected chi connectivity index (χ1v) is 6.45. The largest absolute Gasteiger partial charge is 0.497 e. The van der Waals surface area contributed by atoms with Crippen molar-refractivity contribution < 1.29 is 28.8 Å². The van der Waals surface area contributed by atoms with E-state index in [4.69, 9.17) is 18.9 Å². The standard InChI is InChI=1S/C16H16O6/c1-19-12-8-13(16(17)18)15(14(9-12)20-2)22-10-21-11-6-4-3-5-7-11/h3-9H,10H2,1-2H3,(H,17,18). The molecule has 0 fully saturated rings. The Bertz CT molecular complexity index is 639. The summed E-state index contributed by atoms with van der Waals surface area (Å²) in [5.74, 6) is 0.185. The fourth-order valence-corrected chi connectivity index (χ4v) is 1.83. The fraction of sp³-hybridized carbons (Fsp3) is 0.188. The third-order valence-electron chi connectivity index (χ3n) is 2.89. The third kappa shape index (κ3) is 3.60. The number of rotatable bonds is 7. The lowest BCUT2D eigenvalue weighted by Crippen LogP contribution is -2.10. The molecule has 6 heteroatoms. The van der Waals surface area contributed by atoms with Gasteiger partial charge in [-0.25, -0.2) is 4.79 Å². The maximum atomic E-state index is 11.4.